The van der Waals surface area contributed by atoms with E-state index in [0.717, 1.165) is 67.8 Å². The van der Waals surface area contributed by atoms with Crippen LogP contribution in [0.4, 0.5) is 28.4 Å². The first-order chi connectivity index (χ1) is 26.7. The second-order valence-corrected chi connectivity index (χ2v) is 14.1. The number of nitrogens with zero attached hydrogens (tertiary/aromatic N) is 3. The number of amides is 2. The molecule has 4 aromatic rings. The molecule has 13 nitrogen and oxygen atoms in total. The smallest absolute Gasteiger partial charge is 0.269 e. The molecule has 0 bridgehead atoms. The first kappa shape index (κ1) is 39.4. The van der Waals surface area contributed by atoms with Crippen molar-refractivity contribution in [1.82, 2.24) is 4.90 Å². The van der Waals surface area contributed by atoms with Crippen molar-refractivity contribution in [3.8, 4) is 0 Å². The van der Waals surface area contributed by atoms with Crippen LogP contribution in [0.15, 0.2) is 97.1 Å². The SMILES string of the molecule is Nc1ccccc1NC(=O)CCCCCCC(=O)Nc1cccc([C@@H]2O[C@H](CN3CCN(c4ccc([N+](=O)[O-])cc4)CC3)C[C@H](c3ccc(CO)cc3)O2)c1. The molecule has 3 atom stereocenters. The Kier molecular flexibility index (Phi) is 13.8. The molecule has 6 rings (SSSR count). The number of carbonyl (C=O) groups is 2. The van der Waals surface area contributed by atoms with Gasteiger partial charge in [0.1, 0.15) is 0 Å². The summed E-state index contributed by atoms with van der Waals surface area (Å²) in [5.74, 6) is -0.147. The number of nitrogen functional groups attached to an aromatic ring is 1. The normalized spacial score (nSPS) is 18.8. The molecular formula is C42H50N6O7. The Bertz CT molecular complexity index is 1880. The van der Waals surface area contributed by atoms with Crippen LogP contribution in [-0.2, 0) is 25.7 Å². The van der Waals surface area contributed by atoms with Gasteiger partial charge in [-0.15, -0.1) is 0 Å². The van der Waals surface area contributed by atoms with Gasteiger partial charge in [0.15, 0.2) is 6.29 Å². The first-order valence-corrected chi connectivity index (χ1v) is 19.0. The number of nitrogens with one attached hydrogen (secondary N) is 2. The van der Waals surface area contributed by atoms with Crippen LogP contribution in [0.1, 0.15) is 74.0 Å². The average Bonchev–Trinajstić information content (AvgIpc) is 3.20. The largest absolute Gasteiger partial charge is 0.397 e. The average molecular weight is 751 g/mol. The summed E-state index contributed by atoms with van der Waals surface area (Å²) < 4.78 is 13.2. The van der Waals surface area contributed by atoms with Gasteiger partial charge < -0.3 is 35.8 Å². The summed E-state index contributed by atoms with van der Waals surface area (Å²) in [7, 11) is 0. The number of non-ortho nitro benzene ring substituents is 1. The van der Waals surface area contributed by atoms with Crippen molar-refractivity contribution in [2.75, 3.05) is 54.0 Å². The van der Waals surface area contributed by atoms with E-state index in [4.69, 9.17) is 15.2 Å². The highest BCUT2D eigenvalue weighted by atomic mass is 16.7. The summed E-state index contributed by atoms with van der Waals surface area (Å²) in [6, 6.07) is 29.3. The number of aliphatic hydroxyl groups is 1. The third kappa shape index (κ3) is 11.3. The molecule has 2 saturated heterocycles. The van der Waals surface area contributed by atoms with E-state index in [2.05, 4.69) is 20.4 Å². The summed E-state index contributed by atoms with van der Waals surface area (Å²) in [6.07, 6.45) is 3.53. The molecule has 55 heavy (non-hydrogen) atoms. The molecule has 2 fully saturated rings. The fraction of sp³-hybridized carbons (Fsp3) is 0.381. The van der Waals surface area contributed by atoms with Crippen molar-refractivity contribution < 1.29 is 29.1 Å². The van der Waals surface area contributed by atoms with Crippen LogP contribution in [0.5, 0.6) is 0 Å². The van der Waals surface area contributed by atoms with Gasteiger partial charge in [-0.2, -0.15) is 0 Å². The zero-order valence-corrected chi connectivity index (χ0v) is 31.0. The number of nitrogens with two attached hydrogens (primary N) is 1. The minimum absolute atomic E-state index is 0.0330. The Morgan fingerprint density at radius 2 is 1.49 bits per heavy atom. The van der Waals surface area contributed by atoms with Crippen molar-refractivity contribution in [2.24, 2.45) is 0 Å². The van der Waals surface area contributed by atoms with Crippen molar-refractivity contribution >= 4 is 40.3 Å². The van der Waals surface area contributed by atoms with E-state index in [0.29, 0.717) is 49.3 Å². The highest BCUT2D eigenvalue weighted by molar-refractivity contribution is 5.93. The number of aliphatic hydroxyl groups excluding tert-OH is 1. The summed E-state index contributed by atoms with van der Waals surface area (Å²) in [5.41, 5.74) is 11.4. The van der Waals surface area contributed by atoms with E-state index in [1.165, 1.54) is 0 Å². The lowest BCUT2D eigenvalue weighted by atomic mass is 9.99. The van der Waals surface area contributed by atoms with Crippen LogP contribution in [0.2, 0.25) is 0 Å². The molecule has 4 aromatic carbocycles. The van der Waals surface area contributed by atoms with Crippen molar-refractivity contribution in [3.05, 3.63) is 124 Å². The topological polar surface area (TPSA) is 173 Å². The number of hydrogen-bond acceptors (Lipinski definition) is 10. The van der Waals surface area contributed by atoms with Crippen LogP contribution in [0.3, 0.4) is 0 Å². The zero-order valence-electron chi connectivity index (χ0n) is 31.0. The van der Waals surface area contributed by atoms with E-state index in [-0.39, 0.29) is 41.2 Å². The third-order valence-electron chi connectivity index (χ3n) is 10.1. The van der Waals surface area contributed by atoms with Gasteiger partial charge in [0.25, 0.3) is 5.69 Å². The molecule has 290 valence electrons. The number of piperazine rings is 1. The van der Waals surface area contributed by atoms with E-state index in [1.54, 1.807) is 36.4 Å². The maximum Gasteiger partial charge on any atom is 0.269 e. The number of nitro groups is 1. The molecule has 13 heteroatoms. The molecule has 2 aliphatic heterocycles. The van der Waals surface area contributed by atoms with Gasteiger partial charge >= 0.3 is 0 Å². The van der Waals surface area contributed by atoms with Gasteiger partial charge in [-0.05, 0) is 60.4 Å². The number of anilines is 4. The molecule has 0 spiro atoms. The van der Waals surface area contributed by atoms with E-state index < -0.39 is 6.29 Å². The van der Waals surface area contributed by atoms with E-state index >= 15 is 0 Å². The molecular weight excluding hydrogens is 700 g/mol. The third-order valence-corrected chi connectivity index (χ3v) is 10.1. The van der Waals surface area contributed by atoms with Crippen molar-refractivity contribution in [1.29, 1.82) is 0 Å². The number of nitro benzene ring substituents is 1. The predicted octanol–water partition coefficient (Wildman–Crippen LogP) is 6.95. The number of carbonyl (C=O) groups excluding carboxylic acids is 2. The predicted molar refractivity (Wildman–Crippen MR) is 212 cm³/mol. The summed E-state index contributed by atoms with van der Waals surface area (Å²) >= 11 is 0. The lowest BCUT2D eigenvalue weighted by Crippen LogP contribution is -2.49. The number of rotatable bonds is 16. The van der Waals surface area contributed by atoms with Crippen LogP contribution < -0.4 is 21.3 Å². The Morgan fingerprint density at radius 1 is 0.800 bits per heavy atom. The van der Waals surface area contributed by atoms with Gasteiger partial charge in [-0.25, -0.2) is 0 Å². The summed E-state index contributed by atoms with van der Waals surface area (Å²) in [5, 5.41) is 26.5. The van der Waals surface area contributed by atoms with Crippen molar-refractivity contribution in [2.45, 2.75) is 70.1 Å². The van der Waals surface area contributed by atoms with Gasteiger partial charge in [0.05, 0.1) is 35.1 Å². The van der Waals surface area contributed by atoms with Crippen molar-refractivity contribution in [3.63, 3.8) is 0 Å². The fourth-order valence-corrected chi connectivity index (χ4v) is 7.03. The maximum atomic E-state index is 12.9. The summed E-state index contributed by atoms with van der Waals surface area (Å²) in [6.45, 7) is 3.90. The Labute approximate surface area is 321 Å². The number of hydrogen-bond donors (Lipinski definition) is 4. The number of unbranched alkanes of at least 4 members (excludes halogenated alkanes) is 3. The molecule has 2 aliphatic rings. The molecule has 0 radical (unpaired) electrons. The number of benzene rings is 4. The Morgan fingerprint density at radius 3 is 2.16 bits per heavy atom. The van der Waals surface area contributed by atoms with Crippen LogP contribution in [0.25, 0.3) is 0 Å². The Balaban J connectivity index is 1.00. The second-order valence-electron chi connectivity index (χ2n) is 14.1. The minimum atomic E-state index is -0.657. The summed E-state index contributed by atoms with van der Waals surface area (Å²) in [4.78, 5) is 40.5. The zero-order chi connectivity index (χ0) is 38.6. The standard InChI is InChI=1S/C42H50N6O7/c43-37-10-5-6-11-38(37)45-41(51)13-4-2-1-3-12-40(50)44-33-9-7-8-32(26-33)42-54-36(27-39(55-42)31-16-14-30(29-49)15-17-31)28-46-22-24-47(25-23-46)34-18-20-35(21-19-34)48(52)53/h5-11,14-21,26,36,39,42,49H,1-4,12-13,22-25,27-29,43H2,(H,44,50)(H,45,51)/t36-,39+,42+/m0/s1. The van der Waals surface area contributed by atoms with Crippen LogP contribution in [0, 0.1) is 10.1 Å². The molecule has 2 amide bonds. The maximum absolute atomic E-state index is 12.9. The molecule has 2 heterocycles. The molecule has 0 aliphatic carbocycles. The van der Waals surface area contributed by atoms with Gasteiger partial charge in [-0.1, -0.05) is 61.4 Å². The monoisotopic (exact) mass is 750 g/mol. The first-order valence-electron chi connectivity index (χ1n) is 19.0. The lowest BCUT2D eigenvalue weighted by molar-refractivity contribution is -0.384. The second kappa shape index (κ2) is 19.3. The van der Waals surface area contributed by atoms with Crippen LogP contribution >= 0.6 is 0 Å². The molecule has 0 unspecified atom stereocenters. The van der Waals surface area contributed by atoms with Gasteiger partial charge in [-0.3, -0.25) is 24.6 Å². The fourth-order valence-electron chi connectivity index (χ4n) is 7.03. The number of para-hydroxylation sites is 2. The molecule has 0 saturated carbocycles. The van der Waals surface area contributed by atoms with Gasteiger partial charge in [0, 0.05) is 81.1 Å². The number of ether oxygens (including phenoxy) is 2. The van der Waals surface area contributed by atoms with E-state index in [1.807, 2.05) is 60.7 Å². The lowest BCUT2D eigenvalue weighted by Gasteiger charge is -2.41. The highest BCUT2D eigenvalue weighted by Gasteiger charge is 2.34. The molecule has 0 aromatic heterocycles. The highest BCUT2D eigenvalue weighted by Crippen LogP contribution is 2.39. The van der Waals surface area contributed by atoms with Gasteiger partial charge in [0.2, 0.25) is 11.8 Å². The molecule has 5 N–H and O–H groups in total. The Hall–Kier alpha value is -5.34. The minimum Gasteiger partial charge on any atom is -0.397 e. The quantitative estimate of drug-likeness (QED) is 0.0406. The van der Waals surface area contributed by atoms with E-state index in [9.17, 15) is 24.8 Å². The van der Waals surface area contributed by atoms with Crippen LogP contribution in [-0.4, -0.2) is 65.6 Å².